The molecule has 0 saturated carbocycles. The average molecular weight is 295 g/mol. The van der Waals surface area contributed by atoms with Crippen molar-refractivity contribution in [1.29, 1.82) is 0 Å². The molecule has 2 rings (SSSR count). The summed E-state index contributed by atoms with van der Waals surface area (Å²) in [6.45, 7) is 4.56. The van der Waals surface area contributed by atoms with E-state index < -0.39 is 11.7 Å². The van der Waals surface area contributed by atoms with Gasteiger partial charge in [-0.25, -0.2) is 9.97 Å². The molecular formula is C15H16F3N3. The van der Waals surface area contributed by atoms with Gasteiger partial charge in [0.05, 0.1) is 5.56 Å². The Morgan fingerprint density at radius 1 is 1.14 bits per heavy atom. The van der Waals surface area contributed by atoms with Crippen LogP contribution in [0.25, 0.3) is 11.4 Å². The van der Waals surface area contributed by atoms with E-state index in [0.29, 0.717) is 22.9 Å². The Bertz CT molecular complexity index is 624. The number of hydrogen-bond donors (Lipinski definition) is 1. The number of anilines is 1. The summed E-state index contributed by atoms with van der Waals surface area (Å²) < 4.78 is 38.3. The first kappa shape index (κ1) is 15.3. The zero-order chi connectivity index (χ0) is 15.5. The molecule has 0 radical (unpaired) electrons. The van der Waals surface area contributed by atoms with E-state index in [1.165, 1.54) is 6.07 Å². The van der Waals surface area contributed by atoms with Gasteiger partial charge in [-0.15, -0.1) is 0 Å². The molecule has 0 saturated heterocycles. The third kappa shape index (κ3) is 3.93. The predicted octanol–water partition coefficient (Wildman–Crippen LogP) is 4.29. The highest BCUT2D eigenvalue weighted by atomic mass is 19.4. The van der Waals surface area contributed by atoms with Crippen molar-refractivity contribution in [3.05, 3.63) is 41.6 Å². The second-order valence-electron chi connectivity index (χ2n) is 4.72. The zero-order valence-corrected chi connectivity index (χ0v) is 11.8. The first-order valence-corrected chi connectivity index (χ1v) is 6.67. The Morgan fingerprint density at radius 3 is 2.57 bits per heavy atom. The van der Waals surface area contributed by atoms with Crippen LogP contribution in [0.15, 0.2) is 30.3 Å². The molecule has 1 heterocycles. The molecule has 0 spiro atoms. The highest BCUT2D eigenvalue weighted by Gasteiger charge is 2.30. The van der Waals surface area contributed by atoms with Gasteiger partial charge >= 0.3 is 6.18 Å². The van der Waals surface area contributed by atoms with Gasteiger partial charge in [0.2, 0.25) is 0 Å². The van der Waals surface area contributed by atoms with Crippen LogP contribution >= 0.6 is 0 Å². The van der Waals surface area contributed by atoms with Gasteiger partial charge in [0.25, 0.3) is 0 Å². The van der Waals surface area contributed by atoms with E-state index in [0.717, 1.165) is 25.1 Å². The standard InChI is InChI=1S/C15H16F3N3/c1-3-7-19-13-8-10(2)20-14(21-13)11-5-4-6-12(9-11)15(16,17)18/h4-6,8-9H,3,7H2,1-2H3,(H,19,20,21). The molecule has 3 nitrogen and oxygen atoms in total. The Hall–Kier alpha value is -2.11. The summed E-state index contributed by atoms with van der Waals surface area (Å²) in [5.41, 5.74) is 0.359. The van der Waals surface area contributed by atoms with Gasteiger partial charge in [0.15, 0.2) is 5.82 Å². The van der Waals surface area contributed by atoms with Crippen molar-refractivity contribution >= 4 is 5.82 Å². The maximum absolute atomic E-state index is 12.8. The van der Waals surface area contributed by atoms with Gasteiger partial charge in [-0.2, -0.15) is 13.2 Å². The smallest absolute Gasteiger partial charge is 0.370 e. The lowest BCUT2D eigenvalue weighted by molar-refractivity contribution is -0.137. The molecule has 0 amide bonds. The molecule has 0 aliphatic carbocycles. The highest BCUT2D eigenvalue weighted by Crippen LogP contribution is 2.31. The monoisotopic (exact) mass is 295 g/mol. The van der Waals surface area contributed by atoms with Gasteiger partial charge in [-0.05, 0) is 25.5 Å². The average Bonchev–Trinajstić information content (AvgIpc) is 2.44. The van der Waals surface area contributed by atoms with Crippen LogP contribution < -0.4 is 5.32 Å². The lowest BCUT2D eigenvalue weighted by Crippen LogP contribution is -2.06. The minimum absolute atomic E-state index is 0.291. The zero-order valence-electron chi connectivity index (χ0n) is 11.8. The summed E-state index contributed by atoms with van der Waals surface area (Å²) in [5, 5.41) is 3.12. The fourth-order valence-corrected chi connectivity index (χ4v) is 1.88. The number of halogens is 3. The van der Waals surface area contributed by atoms with Gasteiger partial charge in [0.1, 0.15) is 5.82 Å². The molecule has 112 valence electrons. The van der Waals surface area contributed by atoms with E-state index in [9.17, 15) is 13.2 Å². The van der Waals surface area contributed by atoms with Crippen LogP contribution in [0.2, 0.25) is 0 Å². The third-order valence-corrected chi connectivity index (χ3v) is 2.86. The van der Waals surface area contributed by atoms with Gasteiger partial charge in [0, 0.05) is 23.9 Å². The second-order valence-corrected chi connectivity index (χ2v) is 4.72. The number of alkyl halides is 3. The summed E-state index contributed by atoms with van der Waals surface area (Å²) in [6.07, 6.45) is -3.44. The molecule has 0 unspecified atom stereocenters. The van der Waals surface area contributed by atoms with Crippen LogP contribution in [0.4, 0.5) is 19.0 Å². The normalized spacial score (nSPS) is 11.5. The van der Waals surface area contributed by atoms with E-state index in [1.54, 1.807) is 19.1 Å². The van der Waals surface area contributed by atoms with Crippen molar-refractivity contribution < 1.29 is 13.2 Å². The van der Waals surface area contributed by atoms with E-state index in [-0.39, 0.29) is 0 Å². The fourth-order valence-electron chi connectivity index (χ4n) is 1.88. The quantitative estimate of drug-likeness (QED) is 0.914. The van der Waals surface area contributed by atoms with Gasteiger partial charge in [-0.3, -0.25) is 0 Å². The van der Waals surface area contributed by atoms with Crippen molar-refractivity contribution in [1.82, 2.24) is 9.97 Å². The Kier molecular flexibility index (Phi) is 4.45. The van der Waals surface area contributed by atoms with E-state index >= 15 is 0 Å². The molecule has 21 heavy (non-hydrogen) atoms. The Morgan fingerprint density at radius 2 is 1.90 bits per heavy atom. The molecule has 0 fully saturated rings. The first-order chi connectivity index (χ1) is 9.90. The molecule has 0 atom stereocenters. The van der Waals surface area contributed by atoms with Crippen LogP contribution in [0.5, 0.6) is 0 Å². The number of nitrogens with one attached hydrogen (secondary N) is 1. The van der Waals surface area contributed by atoms with Crippen LogP contribution in [0.1, 0.15) is 24.6 Å². The van der Waals surface area contributed by atoms with E-state index in [2.05, 4.69) is 15.3 Å². The lowest BCUT2D eigenvalue weighted by atomic mass is 10.1. The molecule has 0 bridgehead atoms. The minimum atomic E-state index is -4.37. The van der Waals surface area contributed by atoms with Crippen molar-refractivity contribution in [2.45, 2.75) is 26.4 Å². The van der Waals surface area contributed by atoms with Crippen molar-refractivity contribution in [2.75, 3.05) is 11.9 Å². The number of hydrogen-bond acceptors (Lipinski definition) is 3. The van der Waals surface area contributed by atoms with Gasteiger partial charge < -0.3 is 5.32 Å². The largest absolute Gasteiger partial charge is 0.416 e. The van der Waals surface area contributed by atoms with Gasteiger partial charge in [-0.1, -0.05) is 19.1 Å². The summed E-state index contributed by atoms with van der Waals surface area (Å²) in [6, 6.07) is 6.82. The maximum atomic E-state index is 12.8. The number of aromatic nitrogens is 2. The molecule has 0 aliphatic heterocycles. The van der Waals surface area contributed by atoms with E-state index in [4.69, 9.17) is 0 Å². The Labute approximate surface area is 121 Å². The van der Waals surface area contributed by atoms with Crippen LogP contribution in [0, 0.1) is 6.92 Å². The maximum Gasteiger partial charge on any atom is 0.416 e. The van der Waals surface area contributed by atoms with Crippen molar-refractivity contribution in [3.63, 3.8) is 0 Å². The van der Waals surface area contributed by atoms with Crippen LogP contribution in [0.3, 0.4) is 0 Å². The summed E-state index contributed by atoms with van der Waals surface area (Å²) in [4.78, 5) is 8.49. The summed E-state index contributed by atoms with van der Waals surface area (Å²) >= 11 is 0. The lowest BCUT2D eigenvalue weighted by Gasteiger charge is -2.10. The van der Waals surface area contributed by atoms with Crippen LogP contribution in [-0.2, 0) is 6.18 Å². The highest BCUT2D eigenvalue weighted by molar-refractivity contribution is 5.59. The molecule has 1 aromatic carbocycles. The molecule has 2 aromatic rings. The third-order valence-electron chi connectivity index (χ3n) is 2.86. The topological polar surface area (TPSA) is 37.8 Å². The number of nitrogens with zero attached hydrogens (tertiary/aromatic N) is 2. The summed E-state index contributed by atoms with van der Waals surface area (Å²) in [7, 11) is 0. The molecule has 1 N–H and O–H groups in total. The number of rotatable bonds is 4. The number of benzene rings is 1. The summed E-state index contributed by atoms with van der Waals surface area (Å²) in [5.74, 6) is 0.913. The van der Waals surface area contributed by atoms with Crippen molar-refractivity contribution in [3.8, 4) is 11.4 Å². The molecule has 6 heteroatoms. The number of aryl methyl sites for hydroxylation is 1. The van der Waals surface area contributed by atoms with Crippen molar-refractivity contribution in [2.24, 2.45) is 0 Å². The fraction of sp³-hybridized carbons (Fsp3) is 0.333. The Balaban J connectivity index is 2.39. The first-order valence-electron chi connectivity index (χ1n) is 6.67. The minimum Gasteiger partial charge on any atom is -0.370 e. The SMILES string of the molecule is CCCNc1cc(C)nc(-c2cccc(C(F)(F)F)c2)n1. The van der Waals surface area contributed by atoms with E-state index in [1.807, 2.05) is 6.92 Å². The second kappa shape index (κ2) is 6.11. The molecule has 1 aromatic heterocycles. The predicted molar refractivity (Wildman–Crippen MR) is 76.0 cm³/mol. The molecular weight excluding hydrogens is 279 g/mol. The molecule has 0 aliphatic rings. The van der Waals surface area contributed by atoms with Crippen LogP contribution in [-0.4, -0.2) is 16.5 Å².